The molecular formula is C11H12ClN3O2. The minimum Gasteiger partial charge on any atom is -0.318 e. The highest BCUT2D eigenvalue weighted by atomic mass is 35.5. The summed E-state index contributed by atoms with van der Waals surface area (Å²) in [6.45, 7) is 0.877. The molecule has 0 amide bonds. The smallest absolute Gasteiger partial charge is 0.318 e. The highest BCUT2D eigenvalue weighted by molar-refractivity contribution is 6.31. The summed E-state index contributed by atoms with van der Waals surface area (Å²) in [5, 5.41) is 3.79. The Morgan fingerprint density at radius 3 is 2.88 bits per heavy atom. The van der Waals surface area contributed by atoms with E-state index in [1.54, 1.807) is 25.2 Å². The van der Waals surface area contributed by atoms with Gasteiger partial charge in [0.2, 0.25) is 0 Å². The number of rotatable bonds is 3. The first kappa shape index (κ1) is 11.9. The second-order valence-electron chi connectivity index (χ2n) is 3.68. The zero-order valence-electron chi connectivity index (χ0n) is 9.29. The Morgan fingerprint density at radius 2 is 2.18 bits per heavy atom. The van der Waals surface area contributed by atoms with Gasteiger partial charge in [0.1, 0.15) is 0 Å². The number of likely N-dealkylation sites (N-methyl/N-ethyl adjacent to an activating group) is 1. The molecule has 0 saturated heterocycles. The van der Waals surface area contributed by atoms with Gasteiger partial charge in [-0.05, 0) is 25.2 Å². The van der Waals surface area contributed by atoms with Crippen molar-refractivity contribution in [2.75, 3.05) is 13.6 Å². The molecule has 0 aliphatic carbocycles. The molecule has 17 heavy (non-hydrogen) atoms. The third kappa shape index (κ3) is 2.25. The minimum absolute atomic E-state index is 0.318. The number of H-pyrrole nitrogens is 1. The number of benzene rings is 1. The maximum atomic E-state index is 12.1. The Balaban J connectivity index is 2.69. The summed E-state index contributed by atoms with van der Waals surface area (Å²) in [4.78, 5) is 26.4. The van der Waals surface area contributed by atoms with Crippen molar-refractivity contribution >= 4 is 22.5 Å². The van der Waals surface area contributed by atoms with Gasteiger partial charge in [0, 0.05) is 18.1 Å². The van der Waals surface area contributed by atoms with Crippen LogP contribution in [0.15, 0.2) is 27.8 Å². The van der Waals surface area contributed by atoms with E-state index < -0.39 is 5.69 Å². The maximum absolute atomic E-state index is 12.1. The Hall–Kier alpha value is -1.59. The van der Waals surface area contributed by atoms with Crippen LogP contribution in [0.25, 0.3) is 10.9 Å². The van der Waals surface area contributed by atoms with Crippen LogP contribution in [0.1, 0.15) is 0 Å². The first-order valence-corrected chi connectivity index (χ1v) is 5.58. The molecule has 90 valence electrons. The molecule has 0 aliphatic heterocycles. The van der Waals surface area contributed by atoms with Crippen LogP contribution in [0.5, 0.6) is 0 Å². The number of nitrogens with zero attached hydrogens (tertiary/aromatic N) is 1. The summed E-state index contributed by atoms with van der Waals surface area (Å²) < 4.78 is 1.16. The summed E-state index contributed by atoms with van der Waals surface area (Å²) in [5.74, 6) is 0. The fourth-order valence-electron chi connectivity index (χ4n) is 1.65. The number of aromatic nitrogens is 2. The Bertz CT molecular complexity index is 660. The molecule has 2 rings (SSSR count). The van der Waals surface area contributed by atoms with E-state index in [1.165, 1.54) is 0 Å². The lowest BCUT2D eigenvalue weighted by atomic mass is 10.2. The third-order valence-corrected chi connectivity index (χ3v) is 2.76. The van der Waals surface area contributed by atoms with Crippen LogP contribution in [0.3, 0.4) is 0 Å². The van der Waals surface area contributed by atoms with Gasteiger partial charge in [-0.15, -0.1) is 0 Å². The van der Waals surface area contributed by atoms with E-state index in [0.717, 1.165) is 4.57 Å². The van der Waals surface area contributed by atoms with Crippen molar-refractivity contribution in [2.24, 2.45) is 0 Å². The van der Waals surface area contributed by atoms with E-state index in [1.807, 2.05) is 0 Å². The number of halogens is 1. The normalized spacial score (nSPS) is 10.9. The van der Waals surface area contributed by atoms with Crippen LogP contribution in [-0.2, 0) is 6.54 Å². The van der Waals surface area contributed by atoms with Crippen LogP contribution < -0.4 is 16.6 Å². The maximum Gasteiger partial charge on any atom is 0.328 e. The Morgan fingerprint density at radius 1 is 1.41 bits per heavy atom. The van der Waals surface area contributed by atoms with Gasteiger partial charge < -0.3 is 10.3 Å². The van der Waals surface area contributed by atoms with Crippen molar-refractivity contribution in [2.45, 2.75) is 6.54 Å². The van der Waals surface area contributed by atoms with Gasteiger partial charge >= 0.3 is 5.69 Å². The SMILES string of the molecule is CNCCn1c(=O)[nH]c2ccc(Cl)cc2c1=O. The highest BCUT2D eigenvalue weighted by Crippen LogP contribution is 2.13. The van der Waals surface area contributed by atoms with Crippen molar-refractivity contribution in [3.05, 3.63) is 44.1 Å². The molecule has 0 bridgehead atoms. The second-order valence-corrected chi connectivity index (χ2v) is 4.12. The zero-order chi connectivity index (χ0) is 12.4. The van der Waals surface area contributed by atoms with Crippen molar-refractivity contribution in [3.63, 3.8) is 0 Å². The molecule has 0 radical (unpaired) electrons. The predicted molar refractivity (Wildman–Crippen MR) is 67.8 cm³/mol. The largest absolute Gasteiger partial charge is 0.328 e. The van der Waals surface area contributed by atoms with Gasteiger partial charge in [-0.2, -0.15) is 0 Å². The topological polar surface area (TPSA) is 66.9 Å². The van der Waals surface area contributed by atoms with E-state index in [4.69, 9.17) is 11.6 Å². The first-order chi connectivity index (χ1) is 8.13. The van der Waals surface area contributed by atoms with Gasteiger partial charge in [-0.25, -0.2) is 4.79 Å². The second kappa shape index (κ2) is 4.73. The molecule has 0 unspecified atom stereocenters. The van der Waals surface area contributed by atoms with E-state index in [0.29, 0.717) is 29.0 Å². The summed E-state index contributed by atoms with van der Waals surface area (Å²) in [6, 6.07) is 4.82. The fourth-order valence-corrected chi connectivity index (χ4v) is 1.82. The number of fused-ring (bicyclic) bond motifs is 1. The van der Waals surface area contributed by atoms with Crippen LogP contribution in [0, 0.1) is 0 Å². The summed E-state index contributed by atoms with van der Waals surface area (Å²) in [6.07, 6.45) is 0. The molecule has 2 aromatic rings. The lowest BCUT2D eigenvalue weighted by Crippen LogP contribution is -2.37. The van der Waals surface area contributed by atoms with E-state index in [9.17, 15) is 9.59 Å². The molecule has 1 aromatic carbocycles. The van der Waals surface area contributed by atoms with E-state index in [-0.39, 0.29) is 5.56 Å². The predicted octanol–water partition coefficient (Wildman–Crippen LogP) is 0.563. The molecule has 1 heterocycles. The summed E-state index contributed by atoms with van der Waals surface area (Å²) in [5.41, 5.74) is -0.216. The lowest BCUT2D eigenvalue weighted by Gasteiger charge is -2.05. The van der Waals surface area contributed by atoms with Crippen molar-refractivity contribution in [3.8, 4) is 0 Å². The summed E-state index contributed by atoms with van der Waals surface area (Å²) >= 11 is 5.83. The number of nitrogens with one attached hydrogen (secondary N) is 2. The summed E-state index contributed by atoms with van der Waals surface area (Å²) in [7, 11) is 1.76. The first-order valence-electron chi connectivity index (χ1n) is 5.20. The Kier molecular flexibility index (Phi) is 3.31. The van der Waals surface area contributed by atoms with Crippen LogP contribution in [0.4, 0.5) is 0 Å². The minimum atomic E-state index is -0.403. The highest BCUT2D eigenvalue weighted by Gasteiger charge is 2.07. The molecule has 0 atom stereocenters. The standard InChI is InChI=1S/C11H12ClN3O2/c1-13-4-5-15-10(16)8-6-7(12)2-3-9(8)14-11(15)17/h2-3,6,13H,4-5H2,1H3,(H,14,17). The zero-order valence-corrected chi connectivity index (χ0v) is 10.0. The average Bonchev–Trinajstić information content (AvgIpc) is 2.30. The van der Waals surface area contributed by atoms with Crippen LogP contribution in [0.2, 0.25) is 5.02 Å². The monoisotopic (exact) mass is 253 g/mol. The van der Waals surface area contributed by atoms with Gasteiger partial charge in [0.25, 0.3) is 5.56 Å². The number of hydrogen-bond donors (Lipinski definition) is 2. The molecule has 0 saturated carbocycles. The number of aromatic amines is 1. The molecule has 0 aliphatic rings. The fraction of sp³-hybridized carbons (Fsp3) is 0.273. The molecule has 0 fully saturated rings. The van der Waals surface area contributed by atoms with Crippen LogP contribution in [-0.4, -0.2) is 23.1 Å². The van der Waals surface area contributed by atoms with E-state index >= 15 is 0 Å². The van der Waals surface area contributed by atoms with Gasteiger partial charge in [-0.3, -0.25) is 9.36 Å². The van der Waals surface area contributed by atoms with Crippen LogP contribution >= 0.6 is 11.6 Å². The molecule has 0 spiro atoms. The molecule has 6 heteroatoms. The quantitative estimate of drug-likeness (QED) is 0.840. The van der Waals surface area contributed by atoms with Gasteiger partial charge in [-0.1, -0.05) is 11.6 Å². The van der Waals surface area contributed by atoms with Crippen molar-refractivity contribution < 1.29 is 0 Å². The van der Waals surface area contributed by atoms with Crippen molar-refractivity contribution in [1.82, 2.24) is 14.9 Å². The molecular weight excluding hydrogens is 242 g/mol. The lowest BCUT2D eigenvalue weighted by molar-refractivity contribution is 0.602. The van der Waals surface area contributed by atoms with E-state index in [2.05, 4.69) is 10.3 Å². The third-order valence-electron chi connectivity index (χ3n) is 2.53. The molecule has 2 N–H and O–H groups in total. The van der Waals surface area contributed by atoms with Gasteiger partial charge in [0.15, 0.2) is 0 Å². The van der Waals surface area contributed by atoms with Gasteiger partial charge in [0.05, 0.1) is 10.9 Å². The average molecular weight is 254 g/mol. The molecule has 1 aromatic heterocycles. The number of hydrogen-bond acceptors (Lipinski definition) is 3. The molecule has 5 nitrogen and oxygen atoms in total. The Labute approximate surface area is 102 Å². The van der Waals surface area contributed by atoms with Crippen molar-refractivity contribution in [1.29, 1.82) is 0 Å².